The lowest BCUT2D eigenvalue weighted by Crippen LogP contribution is -2.14. The van der Waals surface area contributed by atoms with Crippen molar-refractivity contribution in [1.29, 1.82) is 0 Å². The molecule has 1 saturated carbocycles. The second-order valence-corrected chi connectivity index (χ2v) is 5.19. The quantitative estimate of drug-likeness (QED) is 0.872. The number of aromatic nitrogens is 3. The van der Waals surface area contributed by atoms with Crippen molar-refractivity contribution < 1.29 is 9.90 Å². The Kier molecular flexibility index (Phi) is 3.45. The number of carbonyl (C=O) groups is 1. The lowest BCUT2D eigenvalue weighted by atomic mass is 10.0. The van der Waals surface area contributed by atoms with Crippen LogP contribution in [-0.4, -0.2) is 26.1 Å². The molecule has 1 aromatic heterocycles. The number of nitrogens with zero attached hydrogens (tertiary/aromatic N) is 3. The van der Waals surface area contributed by atoms with Gasteiger partial charge in [0.25, 0.3) is 0 Å². The Bertz CT molecular complexity index is 406. The van der Waals surface area contributed by atoms with E-state index in [1.807, 2.05) is 0 Å². The van der Waals surface area contributed by atoms with Crippen LogP contribution in [0.1, 0.15) is 61.6 Å². The standard InChI is InChI=1S/C12H19N3O2/c1-8(2)7-15-11(9-5-3-4-6-9)10(12(16)17)13-14-15/h8-9H,3-7H2,1-2H3,(H,16,17). The maximum atomic E-state index is 11.2. The molecule has 0 spiro atoms. The van der Waals surface area contributed by atoms with Crippen LogP contribution in [0.5, 0.6) is 0 Å². The summed E-state index contributed by atoms with van der Waals surface area (Å²) in [5.41, 5.74) is 0.987. The summed E-state index contributed by atoms with van der Waals surface area (Å²) in [6.07, 6.45) is 4.48. The molecule has 1 aliphatic rings. The van der Waals surface area contributed by atoms with Crippen LogP contribution >= 0.6 is 0 Å². The summed E-state index contributed by atoms with van der Waals surface area (Å²) in [4.78, 5) is 11.2. The fourth-order valence-electron chi connectivity index (χ4n) is 2.56. The summed E-state index contributed by atoms with van der Waals surface area (Å²) in [5, 5.41) is 17.0. The summed E-state index contributed by atoms with van der Waals surface area (Å²) in [7, 11) is 0. The minimum atomic E-state index is -0.957. The molecule has 0 amide bonds. The molecule has 0 unspecified atom stereocenters. The number of hydrogen-bond acceptors (Lipinski definition) is 3. The summed E-state index contributed by atoms with van der Waals surface area (Å²) >= 11 is 0. The second-order valence-electron chi connectivity index (χ2n) is 5.19. The van der Waals surface area contributed by atoms with Crippen LogP contribution in [-0.2, 0) is 6.54 Å². The SMILES string of the molecule is CC(C)Cn1nnc(C(=O)O)c1C1CCCC1. The minimum absolute atomic E-state index is 0.151. The smallest absolute Gasteiger partial charge is 0.358 e. The zero-order valence-electron chi connectivity index (χ0n) is 10.4. The van der Waals surface area contributed by atoms with Crippen molar-refractivity contribution in [1.82, 2.24) is 15.0 Å². The van der Waals surface area contributed by atoms with E-state index >= 15 is 0 Å². The summed E-state index contributed by atoms with van der Waals surface area (Å²) in [5.74, 6) is -0.185. The first-order valence-corrected chi connectivity index (χ1v) is 6.26. The minimum Gasteiger partial charge on any atom is -0.476 e. The number of carboxylic acids is 1. The van der Waals surface area contributed by atoms with Crippen LogP contribution in [0, 0.1) is 5.92 Å². The maximum absolute atomic E-state index is 11.2. The van der Waals surface area contributed by atoms with Gasteiger partial charge in [0.1, 0.15) is 0 Å². The van der Waals surface area contributed by atoms with Gasteiger partial charge in [0.15, 0.2) is 5.69 Å². The fourth-order valence-corrected chi connectivity index (χ4v) is 2.56. The molecule has 1 N–H and O–H groups in total. The highest BCUT2D eigenvalue weighted by Crippen LogP contribution is 2.35. The highest BCUT2D eigenvalue weighted by atomic mass is 16.4. The van der Waals surface area contributed by atoms with Crippen LogP contribution in [0.15, 0.2) is 0 Å². The van der Waals surface area contributed by atoms with Crippen molar-refractivity contribution in [2.75, 3.05) is 0 Å². The van der Waals surface area contributed by atoms with Crippen LogP contribution in [0.2, 0.25) is 0 Å². The maximum Gasteiger partial charge on any atom is 0.358 e. The Morgan fingerprint density at radius 1 is 1.47 bits per heavy atom. The Morgan fingerprint density at radius 2 is 2.12 bits per heavy atom. The Hall–Kier alpha value is -1.39. The summed E-state index contributed by atoms with van der Waals surface area (Å²) < 4.78 is 1.80. The highest BCUT2D eigenvalue weighted by molar-refractivity contribution is 5.86. The topological polar surface area (TPSA) is 68.0 Å². The van der Waals surface area contributed by atoms with Crippen LogP contribution in [0.25, 0.3) is 0 Å². The third kappa shape index (κ3) is 2.48. The molecule has 2 rings (SSSR count). The van der Waals surface area contributed by atoms with E-state index in [9.17, 15) is 4.79 Å². The average Bonchev–Trinajstić information content (AvgIpc) is 2.83. The zero-order valence-corrected chi connectivity index (χ0v) is 10.4. The van der Waals surface area contributed by atoms with E-state index in [2.05, 4.69) is 24.2 Å². The second kappa shape index (κ2) is 4.85. The monoisotopic (exact) mass is 237 g/mol. The van der Waals surface area contributed by atoms with E-state index < -0.39 is 5.97 Å². The molecule has 0 radical (unpaired) electrons. The predicted octanol–water partition coefficient (Wildman–Crippen LogP) is 2.29. The average molecular weight is 237 g/mol. The molecule has 0 aromatic carbocycles. The van der Waals surface area contributed by atoms with Gasteiger partial charge in [0, 0.05) is 12.5 Å². The van der Waals surface area contributed by atoms with E-state index in [4.69, 9.17) is 5.11 Å². The number of hydrogen-bond donors (Lipinski definition) is 1. The van der Waals surface area contributed by atoms with Crippen molar-refractivity contribution in [3.05, 3.63) is 11.4 Å². The number of aromatic carboxylic acids is 1. The molecule has 0 saturated heterocycles. The molecule has 1 fully saturated rings. The zero-order chi connectivity index (χ0) is 12.4. The molecule has 1 aliphatic carbocycles. The van der Waals surface area contributed by atoms with Gasteiger partial charge in [-0.3, -0.25) is 0 Å². The predicted molar refractivity (Wildman–Crippen MR) is 63.0 cm³/mol. The van der Waals surface area contributed by atoms with Gasteiger partial charge in [0.05, 0.1) is 5.69 Å². The van der Waals surface area contributed by atoms with E-state index in [0.717, 1.165) is 25.1 Å². The van der Waals surface area contributed by atoms with E-state index in [0.29, 0.717) is 11.8 Å². The van der Waals surface area contributed by atoms with Crippen LogP contribution in [0.4, 0.5) is 0 Å². The highest BCUT2D eigenvalue weighted by Gasteiger charge is 2.28. The molecule has 0 bridgehead atoms. The van der Waals surface area contributed by atoms with Crippen molar-refractivity contribution in [2.45, 2.75) is 52.0 Å². The first-order valence-electron chi connectivity index (χ1n) is 6.26. The molecule has 0 aliphatic heterocycles. The molecule has 94 valence electrons. The Morgan fingerprint density at radius 3 is 2.65 bits per heavy atom. The fraction of sp³-hybridized carbons (Fsp3) is 0.750. The van der Waals surface area contributed by atoms with Gasteiger partial charge in [-0.1, -0.05) is 31.9 Å². The summed E-state index contributed by atoms with van der Waals surface area (Å²) in [6.45, 7) is 4.94. The van der Waals surface area contributed by atoms with Gasteiger partial charge < -0.3 is 5.11 Å². The summed E-state index contributed by atoms with van der Waals surface area (Å²) in [6, 6.07) is 0. The van der Waals surface area contributed by atoms with Crippen molar-refractivity contribution in [3.63, 3.8) is 0 Å². The molecule has 5 heteroatoms. The van der Waals surface area contributed by atoms with Gasteiger partial charge >= 0.3 is 5.97 Å². The molecule has 0 atom stereocenters. The largest absolute Gasteiger partial charge is 0.476 e. The third-order valence-corrected chi connectivity index (χ3v) is 3.26. The number of carboxylic acid groups (broad SMARTS) is 1. The van der Waals surface area contributed by atoms with E-state index in [-0.39, 0.29) is 5.69 Å². The van der Waals surface area contributed by atoms with Gasteiger partial charge in [-0.25, -0.2) is 9.48 Å². The molecule has 17 heavy (non-hydrogen) atoms. The lowest BCUT2D eigenvalue weighted by molar-refractivity contribution is 0.0688. The van der Waals surface area contributed by atoms with Crippen LogP contribution in [0.3, 0.4) is 0 Å². The Balaban J connectivity index is 2.35. The Labute approximate surface area is 101 Å². The van der Waals surface area contributed by atoms with Crippen molar-refractivity contribution in [3.8, 4) is 0 Å². The van der Waals surface area contributed by atoms with Crippen molar-refractivity contribution in [2.24, 2.45) is 5.92 Å². The van der Waals surface area contributed by atoms with Gasteiger partial charge in [-0.2, -0.15) is 0 Å². The first-order chi connectivity index (χ1) is 8.09. The molecular weight excluding hydrogens is 218 g/mol. The van der Waals surface area contributed by atoms with Gasteiger partial charge in [-0.15, -0.1) is 5.10 Å². The van der Waals surface area contributed by atoms with Crippen molar-refractivity contribution >= 4 is 5.97 Å². The molecular formula is C12H19N3O2. The first kappa shape index (κ1) is 12.1. The van der Waals surface area contributed by atoms with E-state index in [1.54, 1.807) is 4.68 Å². The lowest BCUT2D eigenvalue weighted by Gasteiger charge is -2.14. The normalized spacial score (nSPS) is 16.9. The van der Waals surface area contributed by atoms with Gasteiger partial charge in [0.2, 0.25) is 0 Å². The van der Waals surface area contributed by atoms with E-state index in [1.165, 1.54) is 12.8 Å². The molecule has 1 aromatic rings. The third-order valence-electron chi connectivity index (χ3n) is 3.26. The van der Waals surface area contributed by atoms with Gasteiger partial charge in [-0.05, 0) is 18.8 Å². The molecule has 1 heterocycles. The number of rotatable bonds is 4. The van der Waals surface area contributed by atoms with Crippen LogP contribution < -0.4 is 0 Å². The molecule has 5 nitrogen and oxygen atoms in total.